The Kier molecular flexibility index (Phi) is 23.0. The lowest BCUT2D eigenvalue weighted by atomic mass is 9.94. The molecule has 0 spiro atoms. The fourth-order valence-corrected chi connectivity index (χ4v) is 26.3. The lowest BCUT2D eigenvalue weighted by molar-refractivity contribution is 1.30. The zero-order valence-electron chi connectivity index (χ0n) is 80.8. The first-order chi connectivity index (χ1) is 73.4. The van der Waals surface area contributed by atoms with Crippen molar-refractivity contribution in [3.63, 3.8) is 0 Å². The van der Waals surface area contributed by atoms with E-state index in [0.29, 0.717) is 0 Å². The van der Waals surface area contributed by atoms with Crippen LogP contribution in [0.15, 0.2) is 564 Å². The second-order valence-electron chi connectivity index (χ2n) is 37.9. The molecule has 0 unspecified atom stereocenters. The van der Waals surface area contributed by atoms with E-state index in [4.69, 9.17) is 0 Å². The highest BCUT2D eigenvalue weighted by atomic mass is 32.1. The van der Waals surface area contributed by atoms with Crippen LogP contribution in [-0.4, -0.2) is 0 Å². The molecule has 26 aromatic carbocycles. The average Bonchev–Trinajstić information content (AvgIpc) is 1.59. The summed E-state index contributed by atoms with van der Waals surface area (Å²) in [5.74, 6) is 0. The van der Waals surface area contributed by atoms with Gasteiger partial charge in [-0.1, -0.05) is 479 Å². The van der Waals surface area contributed by atoms with Gasteiger partial charge in [0.15, 0.2) is 0 Å². The first kappa shape index (κ1) is 88.5. The lowest BCUT2D eigenvalue weighted by Crippen LogP contribution is -2.11. The molecule has 3 heterocycles. The van der Waals surface area contributed by atoms with E-state index in [-0.39, 0.29) is 0 Å². The highest BCUT2D eigenvalue weighted by Gasteiger charge is 2.27. The predicted molar refractivity (Wildman–Crippen MR) is 643 cm³/mol. The first-order valence-electron chi connectivity index (χ1n) is 50.6. The standard InChI is InChI=1S/C50H33NS.C48H31NS.C44H29NS/c1-2-12-34(13-3-1)41-18-8-9-19-43(41)37-24-29-39(30-25-37)51(40-31-26-38(27-32-40)44-21-10-16-35-14-4-6-17-42(35)44)48-23-11-22-46-47-33-28-36-15-5-7-20-45(36)49(47)52-50(46)48;1-4-15-39-32(10-1)13-7-18-41(39)35-22-27-37(28-23-35)49(38-29-24-36(25-30-38)42-19-8-14-33-11-2-5-16-40(33)42)46-21-9-20-44-45-31-26-34-12-3-6-17-43(34)47(45)50-48(44)46;1-2-12-31(13-3-1)37-18-8-9-22-41(37)45(34-27-24-33(25-28-34)36-20-10-16-30-14-4-6-17-35(30)36)42-23-11-21-39-40-29-26-32-15-5-7-19-38(32)43(40)46-44(39)42/h1-33H;1-31H;1-29H. The molecule has 0 radical (unpaired) electrons. The number of benzene rings is 26. The van der Waals surface area contributed by atoms with E-state index in [0.717, 1.165) is 34.1 Å². The summed E-state index contributed by atoms with van der Waals surface area (Å²) in [5.41, 5.74) is 27.4. The Bertz CT molecular complexity index is 9970. The maximum absolute atomic E-state index is 2.45. The number of hydrogen-bond donors (Lipinski definition) is 0. The van der Waals surface area contributed by atoms with Crippen LogP contribution in [-0.2, 0) is 0 Å². The molecule has 0 fully saturated rings. The normalized spacial score (nSPS) is 11.5. The number of fused-ring (bicyclic) bond motifs is 19. The molecule has 0 bridgehead atoms. The van der Waals surface area contributed by atoms with Gasteiger partial charge in [0.1, 0.15) is 0 Å². The molecule has 0 saturated carbocycles. The largest absolute Gasteiger partial charge is 0.309 e. The second kappa shape index (κ2) is 38.4. The van der Waals surface area contributed by atoms with Crippen LogP contribution in [0.2, 0.25) is 0 Å². The van der Waals surface area contributed by atoms with Gasteiger partial charge in [0.25, 0.3) is 0 Å². The van der Waals surface area contributed by atoms with Crippen LogP contribution >= 0.6 is 34.0 Å². The van der Waals surface area contributed by atoms with Crippen LogP contribution in [0.3, 0.4) is 0 Å². The van der Waals surface area contributed by atoms with Gasteiger partial charge in [0.2, 0.25) is 0 Å². The molecule has 0 aliphatic carbocycles. The molecule has 6 heteroatoms. The third-order valence-corrected chi connectivity index (χ3v) is 33.2. The number of para-hydroxylation sites is 1. The minimum absolute atomic E-state index is 1.12. The molecule has 694 valence electrons. The van der Waals surface area contributed by atoms with Gasteiger partial charge in [-0.05, 0) is 233 Å². The highest BCUT2D eigenvalue weighted by Crippen LogP contribution is 2.54. The Morgan fingerprint density at radius 2 is 0.291 bits per heavy atom. The molecule has 3 nitrogen and oxygen atoms in total. The van der Waals surface area contributed by atoms with Crippen molar-refractivity contribution in [2.24, 2.45) is 0 Å². The Hall–Kier alpha value is -18.4. The number of rotatable bonds is 16. The minimum Gasteiger partial charge on any atom is -0.309 e. The van der Waals surface area contributed by atoms with Gasteiger partial charge in [-0.25, -0.2) is 0 Å². The Morgan fingerprint density at radius 3 is 0.601 bits per heavy atom. The lowest BCUT2D eigenvalue weighted by Gasteiger charge is -2.28. The van der Waals surface area contributed by atoms with Crippen molar-refractivity contribution in [3.05, 3.63) is 564 Å². The van der Waals surface area contributed by atoms with Crippen LogP contribution in [0.5, 0.6) is 0 Å². The zero-order valence-corrected chi connectivity index (χ0v) is 83.2. The third kappa shape index (κ3) is 16.2. The molecule has 0 aliphatic heterocycles. The van der Waals surface area contributed by atoms with E-state index in [1.54, 1.807) is 0 Å². The van der Waals surface area contributed by atoms with Crippen molar-refractivity contribution in [3.8, 4) is 77.9 Å². The summed E-state index contributed by atoms with van der Waals surface area (Å²) in [6.45, 7) is 0. The van der Waals surface area contributed by atoms with Crippen molar-refractivity contribution in [1.82, 2.24) is 0 Å². The van der Waals surface area contributed by atoms with Crippen LogP contribution in [0.1, 0.15) is 0 Å². The van der Waals surface area contributed by atoms with E-state index >= 15 is 0 Å². The zero-order chi connectivity index (χ0) is 97.9. The molecule has 0 saturated heterocycles. The number of nitrogens with zero attached hydrogens (tertiary/aromatic N) is 3. The summed E-state index contributed by atoms with van der Waals surface area (Å²) in [5, 5.41) is 25.6. The fraction of sp³-hybridized carbons (Fsp3) is 0. The number of thiophene rings is 3. The summed E-state index contributed by atoms with van der Waals surface area (Å²) in [6.07, 6.45) is 0. The summed E-state index contributed by atoms with van der Waals surface area (Å²) in [4.78, 5) is 7.31. The number of hydrogen-bond acceptors (Lipinski definition) is 6. The van der Waals surface area contributed by atoms with Crippen molar-refractivity contribution >= 4 is 221 Å². The summed E-state index contributed by atoms with van der Waals surface area (Å²) >= 11 is 5.69. The van der Waals surface area contributed by atoms with Gasteiger partial charge in [-0.15, -0.1) is 34.0 Å². The topological polar surface area (TPSA) is 9.72 Å². The van der Waals surface area contributed by atoms with Crippen LogP contribution in [0.4, 0.5) is 51.2 Å². The molecule has 3 aromatic heterocycles. The summed E-state index contributed by atoms with van der Waals surface area (Å²) in [6, 6.07) is 205. The van der Waals surface area contributed by atoms with Gasteiger partial charge in [-0.2, -0.15) is 0 Å². The maximum atomic E-state index is 2.45. The van der Waals surface area contributed by atoms with Crippen molar-refractivity contribution in [1.29, 1.82) is 0 Å². The van der Waals surface area contributed by atoms with Crippen molar-refractivity contribution in [2.75, 3.05) is 14.7 Å². The second-order valence-corrected chi connectivity index (χ2v) is 41.0. The molecular formula is C142H93N3S3. The predicted octanol–water partition coefficient (Wildman–Crippen LogP) is 42.3. The van der Waals surface area contributed by atoms with Gasteiger partial charge >= 0.3 is 0 Å². The Balaban J connectivity index is 0.000000110. The quantitative estimate of drug-likeness (QED) is 0.0955. The van der Waals surface area contributed by atoms with Gasteiger partial charge in [0, 0.05) is 80.4 Å². The van der Waals surface area contributed by atoms with E-state index in [1.165, 1.54) is 231 Å². The molecular weight excluding hydrogens is 1840 g/mol. The maximum Gasteiger partial charge on any atom is 0.0640 e. The third-order valence-electron chi connectivity index (χ3n) is 29.4. The average molecular weight is 1940 g/mol. The van der Waals surface area contributed by atoms with E-state index in [9.17, 15) is 0 Å². The summed E-state index contributed by atoms with van der Waals surface area (Å²) < 4.78 is 7.86. The van der Waals surface area contributed by atoms with Gasteiger partial charge in [-0.3, -0.25) is 0 Å². The van der Waals surface area contributed by atoms with Crippen molar-refractivity contribution < 1.29 is 0 Å². The van der Waals surface area contributed by atoms with Gasteiger partial charge < -0.3 is 14.7 Å². The van der Waals surface area contributed by atoms with Gasteiger partial charge in [0.05, 0.1) is 36.8 Å². The van der Waals surface area contributed by atoms with Crippen LogP contribution < -0.4 is 14.7 Å². The smallest absolute Gasteiger partial charge is 0.0640 e. The molecule has 148 heavy (non-hydrogen) atoms. The fourth-order valence-electron chi connectivity index (χ4n) is 22.3. The van der Waals surface area contributed by atoms with Crippen LogP contribution in [0, 0.1) is 0 Å². The minimum atomic E-state index is 1.12. The SMILES string of the molecule is c1ccc(-c2ccccc2-c2ccc(N(c3ccc(-c4cccc5ccccc45)cc3)c3cccc4c3sc3c5ccccc5ccc43)cc2)cc1.c1ccc(-c2ccccc2N(c2ccc(-c3cccc4ccccc34)cc2)c2cccc3c2sc2c4ccccc4ccc32)cc1.c1ccc2c(-c3ccc(N(c4ccc(-c5cccc6ccccc56)cc4)c4cccc5c4sc4c6ccccc6ccc54)cc3)cccc2c1. The molecule has 0 amide bonds. The molecule has 29 aromatic rings. The first-order valence-corrected chi connectivity index (χ1v) is 53.0. The highest BCUT2D eigenvalue weighted by molar-refractivity contribution is 7.28. The number of anilines is 9. The summed E-state index contributed by atoms with van der Waals surface area (Å²) in [7, 11) is 0. The Labute approximate surface area is 870 Å². The monoisotopic (exact) mass is 1940 g/mol. The van der Waals surface area contributed by atoms with E-state index in [2.05, 4.69) is 579 Å². The van der Waals surface area contributed by atoms with E-state index < -0.39 is 0 Å². The molecule has 29 rings (SSSR count). The van der Waals surface area contributed by atoms with E-state index in [1.807, 2.05) is 34.0 Å². The van der Waals surface area contributed by atoms with Crippen molar-refractivity contribution in [2.45, 2.75) is 0 Å². The molecule has 0 N–H and O–H groups in total. The molecule has 0 atom stereocenters. The Morgan fingerprint density at radius 1 is 0.101 bits per heavy atom. The van der Waals surface area contributed by atoms with Crippen LogP contribution in [0.25, 0.3) is 214 Å². The molecule has 0 aliphatic rings.